The third-order valence-corrected chi connectivity index (χ3v) is 12.2. The summed E-state index contributed by atoms with van der Waals surface area (Å²) in [4.78, 5) is 24.9. The molecule has 2 aliphatic rings. The van der Waals surface area contributed by atoms with Gasteiger partial charge in [0.1, 0.15) is 11.5 Å². The number of nitrogens with one attached hydrogen (secondary N) is 2. The summed E-state index contributed by atoms with van der Waals surface area (Å²) in [6, 6.07) is 23.0. The minimum absolute atomic E-state index is 0.113. The lowest BCUT2D eigenvalue weighted by molar-refractivity contribution is -0.131. The number of allylic oxidation sites excluding steroid dienone is 1. The number of carbonyl (C=O) groups excluding carboxylic acids is 1. The van der Waals surface area contributed by atoms with Crippen molar-refractivity contribution < 1.29 is 24.2 Å². The van der Waals surface area contributed by atoms with Crippen molar-refractivity contribution in [3.05, 3.63) is 112 Å². The molecule has 7 rings (SSSR count). The molecular formula is C45H49Cl2N5O5. The second kappa shape index (κ2) is 18.2. The number of amides is 1. The van der Waals surface area contributed by atoms with E-state index in [1.54, 1.807) is 14.2 Å². The van der Waals surface area contributed by atoms with Crippen LogP contribution in [0.5, 0.6) is 11.5 Å². The van der Waals surface area contributed by atoms with Crippen molar-refractivity contribution in [1.82, 2.24) is 25.3 Å². The van der Waals surface area contributed by atoms with Crippen LogP contribution in [-0.4, -0.2) is 71.6 Å². The van der Waals surface area contributed by atoms with Crippen molar-refractivity contribution in [1.29, 1.82) is 0 Å². The van der Waals surface area contributed by atoms with Crippen LogP contribution in [0.15, 0.2) is 85.1 Å². The van der Waals surface area contributed by atoms with Gasteiger partial charge >= 0.3 is 5.97 Å². The molecule has 5 aromatic rings. The highest BCUT2D eigenvalue weighted by Crippen LogP contribution is 2.41. The van der Waals surface area contributed by atoms with Gasteiger partial charge in [0.2, 0.25) is 5.91 Å². The Morgan fingerprint density at radius 2 is 1.68 bits per heavy atom. The predicted molar refractivity (Wildman–Crippen MR) is 226 cm³/mol. The normalized spacial score (nSPS) is 18.4. The molecule has 12 heteroatoms. The monoisotopic (exact) mass is 809 g/mol. The molecule has 3 N–H and O–H groups in total. The van der Waals surface area contributed by atoms with E-state index in [0.29, 0.717) is 54.6 Å². The van der Waals surface area contributed by atoms with Crippen LogP contribution in [0.4, 0.5) is 0 Å². The first-order chi connectivity index (χ1) is 27.6. The maximum Gasteiger partial charge on any atom is 0.327 e. The Hall–Kier alpha value is -4.87. The summed E-state index contributed by atoms with van der Waals surface area (Å²) in [5.74, 6) is 1.08. The van der Waals surface area contributed by atoms with E-state index in [-0.39, 0.29) is 11.9 Å². The summed E-state index contributed by atoms with van der Waals surface area (Å²) in [6.07, 6.45) is 10.4. The number of methoxy groups -OCH3 is 2. The summed E-state index contributed by atoms with van der Waals surface area (Å²) < 4.78 is 13.6. The van der Waals surface area contributed by atoms with Crippen LogP contribution >= 0.6 is 23.2 Å². The Morgan fingerprint density at radius 3 is 2.42 bits per heavy atom. The van der Waals surface area contributed by atoms with Crippen LogP contribution in [0.2, 0.25) is 10.0 Å². The summed E-state index contributed by atoms with van der Waals surface area (Å²) >= 11 is 14.2. The van der Waals surface area contributed by atoms with Crippen LogP contribution in [0.25, 0.3) is 33.2 Å². The van der Waals surface area contributed by atoms with Gasteiger partial charge in [-0.15, -0.1) is 0 Å². The molecule has 1 atom stereocenters. The number of rotatable bonds is 15. The van der Waals surface area contributed by atoms with Gasteiger partial charge in [-0.1, -0.05) is 71.7 Å². The van der Waals surface area contributed by atoms with E-state index in [1.165, 1.54) is 6.08 Å². The van der Waals surface area contributed by atoms with Crippen molar-refractivity contribution in [3.8, 4) is 33.8 Å². The first-order valence-electron chi connectivity index (χ1n) is 19.5. The molecule has 57 heavy (non-hydrogen) atoms. The Bertz CT molecular complexity index is 2280. The van der Waals surface area contributed by atoms with Gasteiger partial charge < -0.3 is 25.2 Å². The third-order valence-electron chi connectivity index (χ3n) is 11.4. The number of carbonyl (C=O) groups is 2. The van der Waals surface area contributed by atoms with Crippen LogP contribution < -0.4 is 20.1 Å². The molecule has 0 spiro atoms. The molecule has 2 heterocycles. The second-order valence-electron chi connectivity index (χ2n) is 15.1. The molecule has 0 bridgehead atoms. The molecule has 0 radical (unpaired) electrons. The molecule has 1 saturated carbocycles. The number of nitrogens with zero attached hydrogens (tertiary/aromatic N) is 3. The first kappa shape index (κ1) is 40.3. The maximum atomic E-state index is 11.6. The van der Waals surface area contributed by atoms with Crippen LogP contribution in [0, 0.1) is 5.92 Å². The highest BCUT2D eigenvalue weighted by molar-refractivity contribution is 6.36. The number of aromatic nitrogens is 2. The lowest BCUT2D eigenvalue weighted by Gasteiger charge is -2.34. The molecule has 1 aromatic heterocycles. The van der Waals surface area contributed by atoms with Gasteiger partial charge in [0, 0.05) is 76.9 Å². The fraction of sp³-hybridized carbons (Fsp3) is 0.356. The van der Waals surface area contributed by atoms with Gasteiger partial charge in [-0.25, -0.2) is 4.79 Å². The number of carboxylic acid groups (broad SMARTS) is 1. The summed E-state index contributed by atoms with van der Waals surface area (Å²) in [5, 5.41) is 22.5. The highest BCUT2D eigenvalue weighted by Gasteiger charge is 2.25. The zero-order valence-corrected chi connectivity index (χ0v) is 34.1. The van der Waals surface area contributed by atoms with Crippen molar-refractivity contribution in [3.63, 3.8) is 0 Å². The molecule has 298 valence electrons. The van der Waals surface area contributed by atoms with Crippen LogP contribution in [-0.2, 0) is 29.2 Å². The van der Waals surface area contributed by atoms with E-state index in [9.17, 15) is 9.59 Å². The van der Waals surface area contributed by atoms with E-state index >= 15 is 0 Å². The number of benzene rings is 4. The lowest BCUT2D eigenvalue weighted by Crippen LogP contribution is -2.35. The number of hydrogen-bond donors (Lipinski definition) is 3. The Labute approximate surface area is 343 Å². The SMILES string of the molecule is COc1cc(-c2cccc(-c3cccc4c3cnn4Cc3cc(OC)c(CN(C)C4CCC(/C=C/C(=O)O)CC4)cc3Cl)c2Cl)ccc1CNC[C@@H]1CCC(=O)N1. The van der Waals surface area contributed by atoms with Crippen LogP contribution in [0.1, 0.15) is 55.2 Å². The van der Waals surface area contributed by atoms with Crippen molar-refractivity contribution in [2.75, 3.05) is 27.8 Å². The summed E-state index contributed by atoms with van der Waals surface area (Å²) in [7, 11) is 5.49. The Balaban J connectivity index is 1.07. The van der Waals surface area contributed by atoms with Crippen LogP contribution in [0.3, 0.4) is 0 Å². The summed E-state index contributed by atoms with van der Waals surface area (Å²) in [6.45, 7) is 2.47. The van der Waals surface area contributed by atoms with Crippen molar-refractivity contribution in [2.45, 2.75) is 70.2 Å². The first-order valence-corrected chi connectivity index (χ1v) is 20.2. The molecular weight excluding hydrogens is 761 g/mol. The minimum atomic E-state index is -0.891. The van der Waals surface area contributed by atoms with E-state index in [0.717, 1.165) is 93.5 Å². The number of hydrogen-bond acceptors (Lipinski definition) is 7. The van der Waals surface area contributed by atoms with Gasteiger partial charge in [-0.05, 0) is 86.0 Å². The molecule has 1 amide bonds. The number of ether oxygens (including phenoxy) is 2. The minimum Gasteiger partial charge on any atom is -0.496 e. The molecule has 2 fully saturated rings. The van der Waals surface area contributed by atoms with E-state index in [1.807, 2.05) is 59.4 Å². The maximum absolute atomic E-state index is 11.6. The van der Waals surface area contributed by atoms with E-state index in [2.05, 4.69) is 46.8 Å². The molecule has 10 nitrogen and oxygen atoms in total. The number of halogens is 2. The standard InChI is InChI=1S/C45H49Cl2N5O5/c1-51(34-16-10-28(11-17-34)12-19-44(54)55)26-32-20-39(46)31(22-42(32)57-3)27-52-40-9-5-7-36(38(40)25-49-52)37-8-4-6-35(45(37)47)29-13-14-30(41(21-29)56-2)23-48-24-33-15-18-43(53)50-33/h4-9,12-14,19-22,25,28,33-34,48H,10-11,15-18,23-24,26-27H2,1-3H3,(H,50,53)(H,54,55)/b19-12+/t28?,33-,34?/m0/s1. The van der Waals surface area contributed by atoms with Gasteiger partial charge in [0.25, 0.3) is 0 Å². The fourth-order valence-electron chi connectivity index (χ4n) is 8.28. The topological polar surface area (TPSA) is 118 Å². The zero-order chi connectivity index (χ0) is 40.1. The van der Waals surface area contributed by atoms with Gasteiger partial charge in [-0.3, -0.25) is 14.4 Å². The average Bonchev–Trinajstić information content (AvgIpc) is 3.83. The number of carboxylic acids is 1. The molecule has 1 saturated heterocycles. The zero-order valence-electron chi connectivity index (χ0n) is 32.6. The molecule has 1 aliphatic carbocycles. The van der Waals surface area contributed by atoms with Crippen molar-refractivity contribution >= 4 is 46.0 Å². The van der Waals surface area contributed by atoms with Gasteiger partial charge in [-0.2, -0.15) is 5.10 Å². The predicted octanol–water partition coefficient (Wildman–Crippen LogP) is 8.74. The quantitative estimate of drug-likeness (QED) is 0.0900. The second-order valence-corrected chi connectivity index (χ2v) is 15.9. The molecule has 4 aromatic carbocycles. The van der Waals surface area contributed by atoms with Gasteiger partial charge in [0.05, 0.1) is 37.5 Å². The third kappa shape index (κ3) is 9.31. The fourth-order valence-corrected chi connectivity index (χ4v) is 8.86. The van der Waals surface area contributed by atoms with Gasteiger partial charge in [0.15, 0.2) is 0 Å². The Morgan fingerprint density at radius 1 is 0.947 bits per heavy atom. The average molecular weight is 811 g/mol. The number of aliphatic carboxylic acids is 1. The highest BCUT2D eigenvalue weighted by atomic mass is 35.5. The van der Waals surface area contributed by atoms with E-state index in [4.69, 9.17) is 42.9 Å². The summed E-state index contributed by atoms with van der Waals surface area (Å²) in [5.41, 5.74) is 7.63. The smallest absolute Gasteiger partial charge is 0.327 e. The largest absolute Gasteiger partial charge is 0.496 e. The molecule has 1 aliphatic heterocycles. The van der Waals surface area contributed by atoms with E-state index < -0.39 is 5.97 Å². The number of fused-ring (bicyclic) bond motifs is 1. The Kier molecular flexibility index (Phi) is 12.8. The lowest BCUT2D eigenvalue weighted by atomic mass is 9.85. The van der Waals surface area contributed by atoms with Crippen molar-refractivity contribution in [2.24, 2.45) is 5.92 Å². The molecule has 0 unspecified atom stereocenters.